The van der Waals surface area contributed by atoms with Crippen molar-refractivity contribution in [3.8, 4) is 0 Å². The molecule has 0 unspecified atom stereocenters. The fraction of sp³-hybridized carbons (Fsp3) is 0. The Labute approximate surface area is 86.6 Å². The molecule has 2 aromatic rings. The molecule has 0 saturated carbocycles. The summed E-state index contributed by atoms with van der Waals surface area (Å²) >= 11 is 1.42. The number of fused-ring (bicyclic) bond motifs is 2. The van der Waals surface area contributed by atoms with Crippen LogP contribution in [0, 0.1) is 0 Å². The fourth-order valence-electron chi connectivity index (χ4n) is 1.62. The van der Waals surface area contributed by atoms with Crippen LogP contribution in [0.5, 0.6) is 0 Å². The summed E-state index contributed by atoms with van der Waals surface area (Å²) in [5, 5.41) is 2.54. The van der Waals surface area contributed by atoms with Crippen molar-refractivity contribution in [3.05, 3.63) is 48.2 Å². The van der Waals surface area contributed by atoms with Crippen molar-refractivity contribution in [2.75, 3.05) is 0 Å². The average molecular weight is 200 g/mol. The summed E-state index contributed by atoms with van der Waals surface area (Å²) in [6.45, 7) is 0. The van der Waals surface area contributed by atoms with Gasteiger partial charge in [-0.25, -0.2) is 0 Å². The Bertz CT molecular complexity index is 517. The van der Waals surface area contributed by atoms with Crippen LogP contribution in [0.25, 0.3) is 16.8 Å². The summed E-state index contributed by atoms with van der Waals surface area (Å²) in [5.74, 6) is 0. The molecule has 0 bridgehead atoms. The Morgan fingerprint density at radius 2 is 1.79 bits per heavy atom. The monoisotopic (exact) mass is 200 g/mol. The first-order valence-corrected chi connectivity index (χ1v) is 5.20. The lowest BCUT2D eigenvalue weighted by atomic mass is 10.1. The summed E-state index contributed by atoms with van der Waals surface area (Å²) in [6.07, 6.45) is 3.72. The second-order valence-electron chi connectivity index (χ2n) is 3.22. The third-order valence-corrected chi connectivity index (χ3v) is 3.06. The Morgan fingerprint density at radius 1 is 1.00 bits per heavy atom. The Balaban J connectivity index is 2.34. The van der Waals surface area contributed by atoms with Crippen molar-refractivity contribution < 1.29 is 4.18 Å². The molecule has 0 saturated heterocycles. The second-order valence-corrected chi connectivity index (χ2v) is 4.02. The van der Waals surface area contributed by atoms with Gasteiger partial charge in [-0.1, -0.05) is 24.3 Å². The van der Waals surface area contributed by atoms with E-state index in [2.05, 4.69) is 36.4 Å². The van der Waals surface area contributed by atoms with Crippen molar-refractivity contribution in [1.29, 1.82) is 0 Å². The van der Waals surface area contributed by atoms with Crippen LogP contribution >= 0.6 is 12.0 Å². The summed E-state index contributed by atoms with van der Waals surface area (Å²) in [6, 6.07) is 12.7. The highest BCUT2D eigenvalue weighted by atomic mass is 32.2. The van der Waals surface area contributed by atoms with Crippen LogP contribution < -0.4 is 0 Å². The molecule has 3 rings (SSSR count). The minimum atomic E-state index is 1.19. The Kier molecular flexibility index (Phi) is 1.74. The summed E-state index contributed by atoms with van der Waals surface area (Å²) < 4.78 is 5.18. The third kappa shape index (κ3) is 1.19. The quantitative estimate of drug-likeness (QED) is 0.597. The van der Waals surface area contributed by atoms with Gasteiger partial charge in [0, 0.05) is 0 Å². The zero-order valence-corrected chi connectivity index (χ0v) is 8.25. The summed E-state index contributed by atoms with van der Waals surface area (Å²) in [7, 11) is 0. The van der Waals surface area contributed by atoms with E-state index in [4.69, 9.17) is 4.18 Å². The predicted octanol–water partition coefficient (Wildman–Crippen LogP) is 3.85. The molecule has 68 valence electrons. The van der Waals surface area contributed by atoms with Crippen molar-refractivity contribution in [1.82, 2.24) is 0 Å². The molecule has 0 aliphatic carbocycles. The zero-order chi connectivity index (χ0) is 9.38. The van der Waals surface area contributed by atoms with Crippen LogP contribution in [0.1, 0.15) is 5.56 Å². The minimum Gasteiger partial charge on any atom is -0.428 e. The largest absolute Gasteiger partial charge is 0.428 e. The number of benzene rings is 2. The molecule has 0 fully saturated rings. The Morgan fingerprint density at radius 3 is 2.64 bits per heavy atom. The molecule has 1 aliphatic rings. The van der Waals surface area contributed by atoms with E-state index in [0.717, 1.165) is 0 Å². The molecule has 2 heteroatoms. The van der Waals surface area contributed by atoms with Gasteiger partial charge in [0.25, 0.3) is 0 Å². The molecule has 0 N–H and O–H groups in total. The van der Waals surface area contributed by atoms with E-state index >= 15 is 0 Å². The lowest BCUT2D eigenvalue weighted by molar-refractivity contribution is 0.566. The van der Waals surface area contributed by atoms with E-state index in [1.165, 1.54) is 33.3 Å². The maximum absolute atomic E-state index is 5.18. The second kappa shape index (κ2) is 3.07. The molecule has 1 aliphatic heterocycles. The van der Waals surface area contributed by atoms with Crippen LogP contribution in [0.15, 0.2) is 47.6 Å². The van der Waals surface area contributed by atoms with Gasteiger partial charge in [0.05, 0.1) is 16.9 Å². The molecule has 0 aromatic heterocycles. The molecule has 2 aromatic carbocycles. The van der Waals surface area contributed by atoms with Crippen LogP contribution in [0.2, 0.25) is 0 Å². The van der Waals surface area contributed by atoms with Gasteiger partial charge in [-0.05, 0) is 34.5 Å². The predicted molar refractivity (Wildman–Crippen MR) is 59.9 cm³/mol. The topological polar surface area (TPSA) is 9.23 Å². The van der Waals surface area contributed by atoms with Crippen molar-refractivity contribution in [2.45, 2.75) is 4.90 Å². The molecule has 0 spiro atoms. The van der Waals surface area contributed by atoms with Crippen LogP contribution in [-0.4, -0.2) is 0 Å². The van der Waals surface area contributed by atoms with E-state index in [9.17, 15) is 0 Å². The average Bonchev–Trinajstić information content (AvgIpc) is 2.26. The van der Waals surface area contributed by atoms with E-state index in [1.807, 2.05) is 6.08 Å². The summed E-state index contributed by atoms with van der Waals surface area (Å²) in [5.41, 5.74) is 1.24. The van der Waals surface area contributed by atoms with Crippen molar-refractivity contribution in [2.24, 2.45) is 0 Å². The summed E-state index contributed by atoms with van der Waals surface area (Å²) in [4.78, 5) is 1.19. The van der Waals surface area contributed by atoms with Crippen molar-refractivity contribution >= 4 is 28.9 Å². The minimum absolute atomic E-state index is 1.19. The highest BCUT2D eigenvalue weighted by molar-refractivity contribution is 7.94. The van der Waals surface area contributed by atoms with E-state index in [-0.39, 0.29) is 0 Å². The maximum atomic E-state index is 5.18. The highest BCUT2D eigenvalue weighted by Crippen LogP contribution is 2.32. The van der Waals surface area contributed by atoms with E-state index in [1.54, 1.807) is 6.26 Å². The zero-order valence-electron chi connectivity index (χ0n) is 7.44. The Hall–Kier alpha value is -1.41. The highest BCUT2D eigenvalue weighted by Gasteiger charge is 2.07. The molecule has 14 heavy (non-hydrogen) atoms. The van der Waals surface area contributed by atoms with Gasteiger partial charge < -0.3 is 4.18 Å². The van der Waals surface area contributed by atoms with E-state index in [0.29, 0.717) is 0 Å². The normalized spacial score (nSPS) is 13.7. The first kappa shape index (κ1) is 7.94. The smallest absolute Gasteiger partial charge is 0.102 e. The maximum Gasteiger partial charge on any atom is 0.102 e. The molecule has 1 heterocycles. The number of hydrogen-bond donors (Lipinski definition) is 0. The van der Waals surface area contributed by atoms with Gasteiger partial charge in [0.15, 0.2) is 0 Å². The number of hydrogen-bond acceptors (Lipinski definition) is 2. The lowest BCUT2D eigenvalue weighted by Gasteiger charge is -2.10. The van der Waals surface area contributed by atoms with Gasteiger partial charge in [-0.15, -0.1) is 0 Å². The standard InChI is InChI=1S/C12H8OS/c1-2-4-10-8-12-11(5-6-13-14-12)7-9(10)3-1/h1-8H. The van der Waals surface area contributed by atoms with Crippen LogP contribution in [0.4, 0.5) is 0 Å². The molecule has 0 amide bonds. The van der Waals surface area contributed by atoms with Gasteiger partial charge in [0.2, 0.25) is 0 Å². The fourth-order valence-corrected chi connectivity index (χ4v) is 2.23. The van der Waals surface area contributed by atoms with Gasteiger partial charge in [-0.3, -0.25) is 0 Å². The van der Waals surface area contributed by atoms with Gasteiger partial charge >= 0.3 is 0 Å². The van der Waals surface area contributed by atoms with E-state index < -0.39 is 0 Å². The third-order valence-electron chi connectivity index (χ3n) is 2.32. The molecule has 1 nitrogen and oxygen atoms in total. The van der Waals surface area contributed by atoms with Crippen LogP contribution in [0.3, 0.4) is 0 Å². The number of rotatable bonds is 0. The SMILES string of the molecule is C1=Cc2cc3ccccc3cc2SO1. The molecular formula is C12H8OS. The molecule has 0 radical (unpaired) electrons. The lowest BCUT2D eigenvalue weighted by Crippen LogP contribution is -1.86. The van der Waals surface area contributed by atoms with Gasteiger partial charge in [0.1, 0.15) is 6.26 Å². The van der Waals surface area contributed by atoms with Crippen LogP contribution in [-0.2, 0) is 4.18 Å². The first-order chi connectivity index (χ1) is 6.93. The van der Waals surface area contributed by atoms with Crippen molar-refractivity contribution in [3.63, 3.8) is 0 Å². The first-order valence-electron chi connectivity index (χ1n) is 4.46. The molecular weight excluding hydrogens is 192 g/mol. The molecule has 0 atom stereocenters. The van der Waals surface area contributed by atoms with Gasteiger partial charge in [-0.2, -0.15) is 0 Å².